The van der Waals surface area contributed by atoms with Crippen LogP contribution in [0.3, 0.4) is 0 Å². The standard InChI is InChI=1S/C17H18ClN5O3S/c1-4-26-15(24)8-14-21-22-17(23(14)3)27-10(2)16(25)20-12-6-5-11(9-19)13(18)7-12/h5-7,10H,4,8H2,1-3H3,(H,20,25)/t10-/m1/s1. The number of thioether (sulfide) groups is 1. The number of rotatable bonds is 7. The van der Waals surface area contributed by atoms with Crippen molar-refractivity contribution < 1.29 is 14.3 Å². The molecule has 0 unspecified atom stereocenters. The van der Waals surface area contributed by atoms with Gasteiger partial charge in [0.05, 0.1) is 22.4 Å². The fraction of sp³-hybridized carbons (Fsp3) is 0.353. The third kappa shape index (κ3) is 5.45. The van der Waals surface area contributed by atoms with Crippen LogP contribution in [0.25, 0.3) is 0 Å². The zero-order valence-corrected chi connectivity index (χ0v) is 16.6. The molecule has 1 amide bonds. The van der Waals surface area contributed by atoms with Crippen LogP contribution in [0.4, 0.5) is 5.69 Å². The topological polar surface area (TPSA) is 110 Å². The number of hydrogen-bond donors (Lipinski definition) is 1. The van der Waals surface area contributed by atoms with E-state index in [1.165, 1.54) is 17.8 Å². The molecule has 0 radical (unpaired) electrons. The first-order valence-corrected chi connectivity index (χ1v) is 9.32. The van der Waals surface area contributed by atoms with Gasteiger partial charge in [-0.2, -0.15) is 5.26 Å². The molecule has 8 nitrogen and oxygen atoms in total. The van der Waals surface area contributed by atoms with Crippen LogP contribution >= 0.6 is 23.4 Å². The summed E-state index contributed by atoms with van der Waals surface area (Å²) in [6.07, 6.45) is 0.0161. The van der Waals surface area contributed by atoms with Gasteiger partial charge in [-0.3, -0.25) is 9.59 Å². The molecule has 27 heavy (non-hydrogen) atoms. The first-order chi connectivity index (χ1) is 12.8. The van der Waals surface area contributed by atoms with E-state index in [1.54, 1.807) is 37.6 Å². The zero-order valence-electron chi connectivity index (χ0n) is 15.0. The number of nitriles is 1. The van der Waals surface area contributed by atoms with Crippen LogP contribution in [0.2, 0.25) is 5.02 Å². The van der Waals surface area contributed by atoms with Crippen LogP contribution in [0.1, 0.15) is 25.2 Å². The molecule has 1 aromatic heterocycles. The first kappa shape index (κ1) is 20.7. The van der Waals surface area contributed by atoms with E-state index in [0.29, 0.717) is 28.8 Å². The molecule has 0 saturated heterocycles. The van der Waals surface area contributed by atoms with E-state index < -0.39 is 5.25 Å². The normalized spacial score (nSPS) is 11.5. The average Bonchev–Trinajstić information content (AvgIpc) is 2.95. The van der Waals surface area contributed by atoms with E-state index in [4.69, 9.17) is 21.6 Å². The average molecular weight is 408 g/mol. The predicted octanol–water partition coefficient (Wildman–Crippen LogP) is 2.57. The van der Waals surface area contributed by atoms with E-state index in [1.807, 2.05) is 6.07 Å². The monoisotopic (exact) mass is 407 g/mol. The number of ether oxygens (including phenoxy) is 1. The largest absolute Gasteiger partial charge is 0.466 e. The van der Waals surface area contributed by atoms with Gasteiger partial charge in [0.25, 0.3) is 0 Å². The molecule has 1 heterocycles. The van der Waals surface area contributed by atoms with Crippen molar-refractivity contribution in [3.05, 3.63) is 34.6 Å². The maximum absolute atomic E-state index is 12.4. The van der Waals surface area contributed by atoms with Crippen molar-refractivity contribution in [1.82, 2.24) is 14.8 Å². The molecular weight excluding hydrogens is 390 g/mol. The molecule has 2 rings (SSSR count). The van der Waals surface area contributed by atoms with Crippen LogP contribution < -0.4 is 5.32 Å². The smallest absolute Gasteiger partial charge is 0.313 e. The summed E-state index contributed by atoms with van der Waals surface area (Å²) in [5.41, 5.74) is 0.836. The zero-order chi connectivity index (χ0) is 20.0. The number of hydrogen-bond acceptors (Lipinski definition) is 7. The number of carbonyl (C=O) groups is 2. The summed E-state index contributed by atoms with van der Waals surface area (Å²) in [6, 6.07) is 6.64. The van der Waals surface area contributed by atoms with Crippen molar-refractivity contribution >= 4 is 40.9 Å². The van der Waals surface area contributed by atoms with Gasteiger partial charge in [0.2, 0.25) is 5.91 Å². The molecule has 0 aliphatic carbocycles. The molecule has 10 heteroatoms. The predicted molar refractivity (Wildman–Crippen MR) is 101 cm³/mol. The summed E-state index contributed by atoms with van der Waals surface area (Å²) in [4.78, 5) is 24.0. The Morgan fingerprint density at radius 3 is 2.81 bits per heavy atom. The van der Waals surface area contributed by atoms with Gasteiger partial charge in [0, 0.05) is 12.7 Å². The van der Waals surface area contributed by atoms with Crippen LogP contribution in [0.5, 0.6) is 0 Å². The molecular formula is C17H18ClN5O3S. The minimum absolute atomic E-state index is 0.0161. The van der Waals surface area contributed by atoms with Gasteiger partial charge in [-0.1, -0.05) is 23.4 Å². The highest BCUT2D eigenvalue weighted by Crippen LogP contribution is 2.24. The molecule has 0 saturated carbocycles. The SMILES string of the molecule is CCOC(=O)Cc1nnc(S[C@H](C)C(=O)Nc2ccc(C#N)c(Cl)c2)n1C. The summed E-state index contributed by atoms with van der Waals surface area (Å²) < 4.78 is 6.56. The second kappa shape index (κ2) is 9.39. The summed E-state index contributed by atoms with van der Waals surface area (Å²) in [5, 5.41) is 19.9. The Morgan fingerprint density at radius 2 is 2.19 bits per heavy atom. The van der Waals surface area contributed by atoms with E-state index in [9.17, 15) is 9.59 Å². The number of nitrogens with zero attached hydrogens (tertiary/aromatic N) is 4. The minimum atomic E-state index is -0.474. The van der Waals surface area contributed by atoms with Gasteiger partial charge in [0.15, 0.2) is 5.16 Å². The Hall–Kier alpha value is -2.57. The second-order valence-electron chi connectivity index (χ2n) is 5.50. The summed E-state index contributed by atoms with van der Waals surface area (Å²) in [7, 11) is 1.72. The summed E-state index contributed by atoms with van der Waals surface area (Å²) >= 11 is 7.18. The van der Waals surface area contributed by atoms with E-state index in [2.05, 4.69) is 15.5 Å². The van der Waals surface area contributed by atoms with Crippen molar-refractivity contribution in [2.75, 3.05) is 11.9 Å². The molecule has 0 fully saturated rings. The highest BCUT2D eigenvalue weighted by atomic mass is 35.5. The van der Waals surface area contributed by atoms with Gasteiger partial charge in [0.1, 0.15) is 18.3 Å². The van der Waals surface area contributed by atoms with E-state index in [-0.39, 0.29) is 23.3 Å². The van der Waals surface area contributed by atoms with Crippen molar-refractivity contribution in [3.8, 4) is 6.07 Å². The number of anilines is 1. The highest BCUT2D eigenvalue weighted by molar-refractivity contribution is 8.00. The summed E-state index contributed by atoms with van der Waals surface area (Å²) in [5.74, 6) is -0.175. The lowest BCUT2D eigenvalue weighted by Crippen LogP contribution is -2.23. The maximum atomic E-state index is 12.4. The molecule has 0 aliphatic rings. The third-order valence-electron chi connectivity index (χ3n) is 3.54. The van der Waals surface area contributed by atoms with Crippen LogP contribution in [0, 0.1) is 11.3 Å². The molecule has 0 bridgehead atoms. The number of carbonyl (C=O) groups excluding carboxylic acids is 2. The molecule has 1 atom stereocenters. The Morgan fingerprint density at radius 1 is 1.44 bits per heavy atom. The van der Waals surface area contributed by atoms with Crippen molar-refractivity contribution in [1.29, 1.82) is 5.26 Å². The lowest BCUT2D eigenvalue weighted by atomic mass is 10.2. The number of halogens is 1. The molecule has 0 aliphatic heterocycles. The van der Waals surface area contributed by atoms with Crippen LogP contribution in [0.15, 0.2) is 23.4 Å². The lowest BCUT2D eigenvalue weighted by molar-refractivity contribution is -0.142. The van der Waals surface area contributed by atoms with Gasteiger partial charge in [-0.15, -0.1) is 10.2 Å². The van der Waals surface area contributed by atoms with Gasteiger partial charge in [-0.25, -0.2) is 0 Å². The number of amides is 1. The van der Waals surface area contributed by atoms with Crippen LogP contribution in [-0.4, -0.2) is 38.5 Å². The number of esters is 1. The number of nitrogens with one attached hydrogen (secondary N) is 1. The highest BCUT2D eigenvalue weighted by Gasteiger charge is 2.20. The Balaban J connectivity index is 2.00. The van der Waals surface area contributed by atoms with Gasteiger partial charge >= 0.3 is 5.97 Å². The third-order valence-corrected chi connectivity index (χ3v) is 4.99. The Kier molecular flexibility index (Phi) is 7.21. The van der Waals surface area contributed by atoms with Crippen LogP contribution in [-0.2, 0) is 27.8 Å². The quantitative estimate of drug-likeness (QED) is 0.554. The molecule has 1 N–H and O–H groups in total. The van der Waals surface area contributed by atoms with Gasteiger partial charge in [-0.05, 0) is 32.0 Å². The minimum Gasteiger partial charge on any atom is -0.466 e. The van der Waals surface area contributed by atoms with E-state index >= 15 is 0 Å². The number of benzene rings is 1. The Labute approximate surface area is 165 Å². The fourth-order valence-corrected chi connectivity index (χ4v) is 3.14. The summed E-state index contributed by atoms with van der Waals surface area (Å²) in [6.45, 7) is 3.76. The van der Waals surface area contributed by atoms with Crippen molar-refractivity contribution in [3.63, 3.8) is 0 Å². The van der Waals surface area contributed by atoms with E-state index in [0.717, 1.165) is 0 Å². The second-order valence-corrected chi connectivity index (χ2v) is 7.21. The fourth-order valence-electron chi connectivity index (χ4n) is 2.08. The molecule has 142 valence electrons. The first-order valence-electron chi connectivity index (χ1n) is 8.06. The molecule has 0 spiro atoms. The lowest BCUT2D eigenvalue weighted by Gasteiger charge is -2.12. The van der Waals surface area contributed by atoms with Crippen molar-refractivity contribution in [2.45, 2.75) is 30.7 Å². The molecule has 1 aromatic carbocycles. The van der Waals surface area contributed by atoms with Gasteiger partial charge < -0.3 is 14.6 Å². The number of aromatic nitrogens is 3. The maximum Gasteiger partial charge on any atom is 0.313 e. The van der Waals surface area contributed by atoms with Crippen molar-refractivity contribution in [2.24, 2.45) is 7.05 Å². The Bertz CT molecular complexity index is 893. The molecule has 2 aromatic rings.